The van der Waals surface area contributed by atoms with Gasteiger partial charge in [-0.1, -0.05) is 147 Å². The molecule has 0 aliphatic rings. The Kier molecular flexibility index (Phi) is 9.86. The molecule has 0 bridgehead atoms. The third-order valence-electron chi connectivity index (χ3n) is 12.5. The van der Waals surface area contributed by atoms with Gasteiger partial charge in [0.25, 0.3) is 0 Å². The summed E-state index contributed by atoms with van der Waals surface area (Å²) in [6.07, 6.45) is 12.1. The third-order valence-corrected chi connectivity index (χ3v) is 12.5. The zero-order valence-corrected chi connectivity index (χ0v) is 36.3. The number of benzene rings is 8. The Balaban J connectivity index is 0.00000113. The summed E-state index contributed by atoms with van der Waals surface area (Å²) in [7, 11) is 2.13. The summed E-state index contributed by atoms with van der Waals surface area (Å²) in [5.41, 5.74) is 14.4. The van der Waals surface area contributed by atoms with Gasteiger partial charge in [-0.15, -0.1) is 0 Å². The lowest BCUT2D eigenvalue weighted by molar-refractivity contribution is 0.666. The Morgan fingerprint density at radius 2 is 1.14 bits per heavy atom. The Morgan fingerprint density at radius 1 is 0.508 bits per heavy atom. The summed E-state index contributed by atoms with van der Waals surface area (Å²) in [6, 6.07) is 62.1. The highest BCUT2D eigenvalue weighted by Gasteiger charge is 2.23. The van der Waals surface area contributed by atoms with Gasteiger partial charge in [0.15, 0.2) is 5.58 Å². The smallest absolute Gasteiger partial charge is 0.159 e. The number of anilines is 2. The number of hydrogen-bond donors (Lipinski definition) is 0. The first-order valence-electron chi connectivity index (χ1n) is 21.9. The highest BCUT2D eigenvalue weighted by molar-refractivity contribution is 6.25. The number of rotatable bonds is 8. The summed E-state index contributed by atoms with van der Waals surface area (Å²) in [5, 5.41) is 7.80. The Bertz CT molecular complexity index is 3830. The maximum atomic E-state index is 7.19. The second kappa shape index (κ2) is 16.3. The van der Waals surface area contributed by atoms with E-state index in [-0.39, 0.29) is 0 Å². The van der Waals surface area contributed by atoms with E-state index in [4.69, 9.17) is 8.83 Å². The number of furan rings is 2. The van der Waals surface area contributed by atoms with Crippen molar-refractivity contribution in [1.82, 2.24) is 9.13 Å². The maximum Gasteiger partial charge on any atom is 0.159 e. The van der Waals surface area contributed by atoms with Crippen LogP contribution >= 0.6 is 0 Å². The number of hydrogen-bond acceptors (Lipinski definition) is 3. The van der Waals surface area contributed by atoms with Gasteiger partial charge in [-0.25, -0.2) is 0 Å². The van der Waals surface area contributed by atoms with E-state index in [9.17, 15) is 0 Å². The molecule has 0 spiro atoms. The van der Waals surface area contributed by atoms with E-state index >= 15 is 0 Å². The van der Waals surface area contributed by atoms with Crippen LogP contribution in [0.3, 0.4) is 0 Å². The summed E-state index contributed by atoms with van der Waals surface area (Å²) >= 11 is 0. The van der Waals surface area contributed by atoms with Gasteiger partial charge in [0.1, 0.15) is 16.7 Å². The number of allylic oxidation sites excluding steroid dienone is 3. The number of nitrogens with zero attached hydrogens (tertiary/aromatic N) is 3. The summed E-state index contributed by atoms with van der Waals surface area (Å²) in [5.74, 6) is 0. The van der Waals surface area contributed by atoms with Gasteiger partial charge in [-0.05, 0) is 85.3 Å². The highest BCUT2D eigenvalue weighted by atomic mass is 16.3. The van der Waals surface area contributed by atoms with Crippen molar-refractivity contribution in [1.29, 1.82) is 0 Å². The molecule has 0 radical (unpaired) electrons. The molecule has 4 aromatic heterocycles. The lowest BCUT2D eigenvalue weighted by Gasteiger charge is -2.23. The van der Waals surface area contributed by atoms with Crippen molar-refractivity contribution in [2.24, 2.45) is 0 Å². The van der Waals surface area contributed by atoms with Crippen molar-refractivity contribution in [3.63, 3.8) is 0 Å². The van der Waals surface area contributed by atoms with E-state index in [2.05, 4.69) is 229 Å². The van der Waals surface area contributed by atoms with Crippen LogP contribution in [0.15, 0.2) is 216 Å². The predicted octanol–water partition coefficient (Wildman–Crippen LogP) is 17.0. The minimum absolute atomic E-state index is 0.872. The van der Waals surface area contributed by atoms with Crippen LogP contribution in [0.25, 0.3) is 112 Å². The lowest BCUT2D eigenvalue weighted by Crippen LogP contribution is -2.10. The standard InChI is InChI=1S/C56H39N3O2.C4H6/c1-3-17-46-39(38-22-10-14-27-47(38)59(46)50-28-16-25-41-40-23-12-15-29-51(40)60-54(41)50)34-35-58-45-26-13-11-24-44(45)53-49(58)33-31-43-42-30-32-48(57(2)37-20-8-5-9-21-37)52(55(42)61-56(43)53)36-18-6-4-7-19-36;1-3-4-2/h3-35H,1-2H3;3-4H,1-2H2/b17-3-,35-34+;. The first-order valence-corrected chi connectivity index (χ1v) is 21.9. The first kappa shape index (κ1) is 39.3. The quantitative estimate of drug-likeness (QED) is 0.143. The molecule has 5 nitrogen and oxygen atoms in total. The molecular weight excluding hydrogens is 795 g/mol. The minimum atomic E-state index is 0.872. The van der Waals surface area contributed by atoms with Gasteiger partial charge in [-0.2, -0.15) is 0 Å². The van der Waals surface area contributed by atoms with Gasteiger partial charge in [-0.3, -0.25) is 0 Å². The second-order valence-corrected chi connectivity index (χ2v) is 16.1. The fourth-order valence-corrected chi connectivity index (χ4v) is 9.58. The Morgan fingerprint density at radius 3 is 1.91 bits per heavy atom. The summed E-state index contributed by atoms with van der Waals surface area (Å²) in [4.78, 5) is 2.25. The van der Waals surface area contributed by atoms with Crippen LogP contribution in [0, 0.1) is 0 Å². The van der Waals surface area contributed by atoms with Gasteiger partial charge in [0.2, 0.25) is 0 Å². The fraction of sp³-hybridized carbons (Fsp3) is 0.0333. The number of aromatic nitrogens is 2. The average Bonchev–Trinajstić information content (AvgIpc) is 4.11. The molecule has 312 valence electrons. The molecule has 12 aromatic rings. The third kappa shape index (κ3) is 6.39. The van der Waals surface area contributed by atoms with Crippen LogP contribution in [0.4, 0.5) is 11.4 Å². The number of fused-ring (bicyclic) bond motifs is 11. The molecule has 5 heteroatoms. The largest absolute Gasteiger partial charge is 0.455 e. The van der Waals surface area contributed by atoms with Crippen molar-refractivity contribution in [3.05, 3.63) is 219 Å². The normalized spacial score (nSPS) is 11.8. The van der Waals surface area contributed by atoms with Crippen LogP contribution in [0.1, 0.15) is 18.2 Å². The molecule has 4 heterocycles. The molecule has 65 heavy (non-hydrogen) atoms. The number of para-hydroxylation sites is 5. The molecule has 0 unspecified atom stereocenters. The van der Waals surface area contributed by atoms with E-state index in [0.29, 0.717) is 0 Å². The molecule has 0 N–H and O–H groups in total. The fourth-order valence-electron chi connectivity index (χ4n) is 9.58. The van der Waals surface area contributed by atoms with Crippen LogP contribution in [0.5, 0.6) is 0 Å². The van der Waals surface area contributed by atoms with Crippen LogP contribution in [0.2, 0.25) is 0 Å². The van der Waals surface area contributed by atoms with Crippen molar-refractivity contribution in [2.75, 3.05) is 11.9 Å². The van der Waals surface area contributed by atoms with Gasteiger partial charge < -0.3 is 22.9 Å². The Hall–Kier alpha value is -8.54. The van der Waals surface area contributed by atoms with E-state index in [1.54, 1.807) is 12.2 Å². The summed E-state index contributed by atoms with van der Waals surface area (Å²) in [6.45, 7) is 8.80. The lowest BCUT2D eigenvalue weighted by atomic mass is 9.99. The Labute approximate surface area is 377 Å². The first-order chi connectivity index (χ1) is 32.1. The second-order valence-electron chi connectivity index (χ2n) is 16.1. The van der Waals surface area contributed by atoms with E-state index in [1.807, 2.05) is 12.1 Å². The van der Waals surface area contributed by atoms with Crippen molar-refractivity contribution in [2.45, 2.75) is 6.92 Å². The molecule has 0 amide bonds. The zero-order chi connectivity index (χ0) is 44.0. The molecule has 0 aliphatic carbocycles. The maximum absolute atomic E-state index is 7.19. The summed E-state index contributed by atoms with van der Waals surface area (Å²) < 4.78 is 18.4. The van der Waals surface area contributed by atoms with Crippen LogP contribution < -0.4 is 4.90 Å². The molecule has 0 aliphatic heterocycles. The predicted molar refractivity (Wildman–Crippen MR) is 278 cm³/mol. The molecule has 12 rings (SSSR count). The topological polar surface area (TPSA) is 39.4 Å². The van der Waals surface area contributed by atoms with E-state index in [0.717, 1.165) is 116 Å². The van der Waals surface area contributed by atoms with Gasteiger partial charge >= 0.3 is 0 Å². The van der Waals surface area contributed by atoms with Crippen molar-refractivity contribution >= 4 is 106 Å². The van der Waals surface area contributed by atoms with E-state index in [1.165, 1.54) is 0 Å². The van der Waals surface area contributed by atoms with Crippen LogP contribution in [-0.2, 0) is 0 Å². The zero-order valence-electron chi connectivity index (χ0n) is 36.3. The van der Waals surface area contributed by atoms with Crippen molar-refractivity contribution < 1.29 is 8.83 Å². The average molecular weight is 840 g/mol. The highest BCUT2D eigenvalue weighted by Crippen LogP contribution is 2.46. The molecule has 0 saturated heterocycles. The van der Waals surface area contributed by atoms with E-state index < -0.39 is 0 Å². The molecule has 0 saturated carbocycles. The molecule has 0 atom stereocenters. The minimum Gasteiger partial charge on any atom is -0.455 e. The molecule has 8 aromatic carbocycles. The van der Waals surface area contributed by atoms with Gasteiger partial charge in [0, 0.05) is 62.4 Å². The molecule has 0 fully saturated rings. The molecular formula is C60H45N3O2. The SMILES string of the molecule is C/C=C\c1c(/C=C/n2c3ccccc3c3c4oc5c(-c6ccccc6)c(N(C)c6ccccc6)ccc5c4ccc32)c2ccccc2n1-c1cccc2c1oc1ccccc12.C=CC=C. The van der Waals surface area contributed by atoms with Crippen LogP contribution in [-0.4, -0.2) is 16.2 Å². The monoisotopic (exact) mass is 839 g/mol. The van der Waals surface area contributed by atoms with Crippen molar-refractivity contribution in [3.8, 4) is 16.8 Å². The van der Waals surface area contributed by atoms with Gasteiger partial charge in [0.05, 0.1) is 39.0 Å².